The molecule has 0 spiro atoms. The van der Waals surface area contributed by atoms with Gasteiger partial charge in [0.05, 0.1) is 6.04 Å². The molecule has 0 saturated carbocycles. The molecule has 3 amide bonds. The number of carbonyl (C=O) groups is 3. The number of nitrogens with one attached hydrogen (secondary N) is 3. The fourth-order valence-electron chi connectivity index (χ4n) is 5.10. The van der Waals surface area contributed by atoms with Gasteiger partial charge in [0.15, 0.2) is 0 Å². The van der Waals surface area contributed by atoms with Gasteiger partial charge in [-0.3, -0.25) is 19.3 Å². The van der Waals surface area contributed by atoms with Crippen molar-refractivity contribution in [3.63, 3.8) is 0 Å². The smallest absolute Gasteiger partial charge is 0.410 e. The molecule has 13 nitrogen and oxygen atoms in total. The second kappa shape index (κ2) is 12.2. The number of primary amides is 1. The lowest BCUT2D eigenvalue weighted by Gasteiger charge is -2.40. The van der Waals surface area contributed by atoms with Gasteiger partial charge < -0.3 is 34.9 Å². The summed E-state index contributed by atoms with van der Waals surface area (Å²) in [5, 5.41) is 7.31. The number of hydrogen-bond acceptors (Lipinski definition) is 9. The summed E-state index contributed by atoms with van der Waals surface area (Å²) in [6, 6.07) is 10.2. The summed E-state index contributed by atoms with van der Waals surface area (Å²) >= 11 is 6.78. The predicted octanol–water partition coefficient (Wildman–Crippen LogP) is 5.71. The molecule has 2 aromatic carbocycles. The molecule has 5 heterocycles. The van der Waals surface area contributed by atoms with E-state index in [4.69, 9.17) is 19.3 Å². The molecule has 7 rings (SSSR count). The minimum atomic E-state index is -0.796. The first kappa shape index (κ1) is 31.8. The molecule has 5 aromatic rings. The number of rotatable bonds is 4. The van der Waals surface area contributed by atoms with E-state index < -0.39 is 29.6 Å². The molecule has 2 fully saturated rings. The van der Waals surface area contributed by atoms with E-state index in [1.54, 1.807) is 39.0 Å². The van der Waals surface area contributed by atoms with E-state index in [0.29, 0.717) is 40.9 Å². The summed E-state index contributed by atoms with van der Waals surface area (Å²) < 4.78 is 18.1. The van der Waals surface area contributed by atoms with Gasteiger partial charge in [-0.1, -0.05) is 31.9 Å². The predicted molar refractivity (Wildman–Crippen MR) is 178 cm³/mol. The van der Waals surface area contributed by atoms with Crippen molar-refractivity contribution >= 4 is 88.5 Å². The van der Waals surface area contributed by atoms with Crippen molar-refractivity contribution in [2.24, 2.45) is 5.73 Å². The van der Waals surface area contributed by atoms with E-state index in [1.165, 1.54) is 4.90 Å². The number of likely N-dealkylation sites (tertiary alicyclic amines) is 1. The highest BCUT2D eigenvalue weighted by Gasteiger charge is 2.40. The van der Waals surface area contributed by atoms with E-state index in [2.05, 4.69) is 52.5 Å². The van der Waals surface area contributed by atoms with Gasteiger partial charge >= 0.3 is 6.09 Å². The van der Waals surface area contributed by atoms with Crippen molar-refractivity contribution in [1.29, 1.82) is 0 Å². The van der Waals surface area contributed by atoms with E-state index in [9.17, 15) is 19.2 Å². The Balaban J connectivity index is 0.000000171. The molecule has 15 heteroatoms. The van der Waals surface area contributed by atoms with Crippen LogP contribution in [-0.4, -0.2) is 57.5 Å². The van der Waals surface area contributed by atoms with Crippen LogP contribution in [0.15, 0.2) is 59.0 Å². The molecule has 0 bridgehead atoms. The van der Waals surface area contributed by atoms with Crippen molar-refractivity contribution < 1.29 is 28.0 Å². The van der Waals surface area contributed by atoms with Crippen LogP contribution in [0.4, 0.5) is 10.5 Å². The van der Waals surface area contributed by atoms with Crippen LogP contribution in [0.5, 0.6) is 0 Å². The van der Waals surface area contributed by atoms with Crippen LogP contribution in [0.3, 0.4) is 0 Å². The van der Waals surface area contributed by atoms with Crippen molar-refractivity contribution in [3.05, 3.63) is 67.3 Å². The summed E-state index contributed by atoms with van der Waals surface area (Å²) in [5.74, 6) is -0.682. The molecule has 2 aliphatic heterocycles. The van der Waals surface area contributed by atoms with Gasteiger partial charge in [0.2, 0.25) is 17.3 Å². The van der Waals surface area contributed by atoms with Crippen molar-refractivity contribution in [3.8, 4) is 0 Å². The summed E-state index contributed by atoms with van der Waals surface area (Å²) in [4.78, 5) is 57.4. The fourth-order valence-corrected chi connectivity index (χ4v) is 5.83. The highest BCUT2D eigenvalue weighted by atomic mass is 79.9. The Labute approximate surface area is 278 Å². The van der Waals surface area contributed by atoms with Crippen LogP contribution in [-0.2, 0) is 9.53 Å². The Morgan fingerprint density at radius 3 is 2.26 bits per heavy atom. The highest BCUT2D eigenvalue weighted by molar-refractivity contribution is 9.10. The van der Waals surface area contributed by atoms with E-state index in [-0.39, 0.29) is 28.6 Å². The van der Waals surface area contributed by atoms with Crippen molar-refractivity contribution in [2.75, 3.05) is 18.4 Å². The number of nitrogens with zero attached hydrogens (tertiary/aromatic N) is 2. The quantitative estimate of drug-likeness (QED) is 0.178. The second-order valence-corrected chi connectivity index (χ2v) is 13.8. The molecule has 2 aliphatic rings. The van der Waals surface area contributed by atoms with Crippen LogP contribution in [0.25, 0.3) is 33.0 Å². The number of hydrogen-bond donors (Lipinski definition) is 4. The number of H-pyrrole nitrogens is 1. The Morgan fingerprint density at radius 2 is 1.70 bits per heavy atom. The standard InChI is InChI=1S/C18H20BrN3O5.C13H10BrN3O2/c1-18(2,3)27-17(25)22-7-6-11(22)16(24)21-13-10-8-9(19)4-5-12(10)26-14(13)15(20)23;14-6-1-2-9-7(5-6)10-11(19-9)13(18)17-12(16-10)8-3-4-15-8/h4-5,8,11H,6-7H2,1-3H3,(H2,20,23)(H,21,24);1-2,5,8,15H,3-4H2,(H,16,17,18)/t11-;8-/m00/s1. The maximum atomic E-state index is 12.7. The van der Waals surface area contributed by atoms with Gasteiger partial charge in [-0.05, 0) is 76.6 Å². The lowest BCUT2D eigenvalue weighted by atomic mass is 10.0. The summed E-state index contributed by atoms with van der Waals surface area (Å²) in [6.45, 7) is 6.66. The average Bonchev–Trinajstić information content (AvgIpc) is 3.45. The van der Waals surface area contributed by atoms with Crippen LogP contribution in [0.1, 0.15) is 56.0 Å². The lowest BCUT2D eigenvalue weighted by Crippen LogP contribution is -2.57. The third kappa shape index (κ3) is 6.26. The Morgan fingerprint density at radius 1 is 1.04 bits per heavy atom. The molecule has 0 aliphatic carbocycles. The normalized spacial score (nSPS) is 17.6. The number of amides is 3. The molecule has 0 radical (unpaired) electrons. The first-order valence-corrected chi connectivity index (χ1v) is 16.1. The van der Waals surface area contributed by atoms with Gasteiger partial charge in [-0.2, -0.15) is 0 Å². The van der Waals surface area contributed by atoms with E-state index >= 15 is 0 Å². The summed E-state index contributed by atoms with van der Waals surface area (Å²) in [7, 11) is 0. The minimum absolute atomic E-state index is 0.139. The maximum absolute atomic E-state index is 12.7. The maximum Gasteiger partial charge on any atom is 0.410 e. The van der Waals surface area contributed by atoms with Gasteiger partial charge in [0, 0.05) is 26.3 Å². The zero-order valence-corrected chi connectivity index (χ0v) is 28.2. The number of furan rings is 2. The van der Waals surface area contributed by atoms with Crippen LogP contribution < -0.4 is 21.9 Å². The average molecular weight is 758 g/mol. The molecular formula is C31H30Br2N6O7. The lowest BCUT2D eigenvalue weighted by molar-refractivity contribution is -0.125. The van der Waals surface area contributed by atoms with Gasteiger partial charge in [0.1, 0.15) is 39.8 Å². The van der Waals surface area contributed by atoms with Crippen LogP contribution in [0, 0.1) is 0 Å². The largest absolute Gasteiger partial charge is 0.449 e. The number of fused-ring (bicyclic) bond motifs is 4. The zero-order valence-electron chi connectivity index (χ0n) is 25.0. The number of aromatic amines is 1. The third-order valence-corrected chi connectivity index (χ3v) is 8.52. The van der Waals surface area contributed by atoms with Gasteiger partial charge in [-0.15, -0.1) is 0 Å². The van der Waals surface area contributed by atoms with Crippen molar-refractivity contribution in [2.45, 2.75) is 51.3 Å². The molecular weight excluding hydrogens is 728 g/mol. The topological polar surface area (TPSA) is 186 Å². The van der Waals surface area contributed by atoms with Gasteiger partial charge in [-0.25, -0.2) is 9.78 Å². The molecule has 240 valence electrons. The highest BCUT2D eigenvalue weighted by Crippen LogP contribution is 2.34. The Bertz CT molecular complexity index is 2080. The van der Waals surface area contributed by atoms with E-state index in [0.717, 1.165) is 27.3 Å². The molecule has 0 unspecified atom stereocenters. The number of carbonyl (C=O) groups excluding carboxylic acids is 3. The van der Waals surface area contributed by atoms with Crippen LogP contribution >= 0.6 is 31.9 Å². The fraction of sp³-hybridized carbons (Fsp3) is 0.323. The molecule has 46 heavy (non-hydrogen) atoms. The number of benzene rings is 2. The molecule has 2 atom stereocenters. The first-order chi connectivity index (χ1) is 21.8. The number of halogens is 2. The van der Waals surface area contributed by atoms with Crippen LogP contribution in [0.2, 0.25) is 0 Å². The molecule has 5 N–H and O–H groups in total. The summed E-state index contributed by atoms with van der Waals surface area (Å²) in [6.07, 6.45) is 0.938. The zero-order chi connectivity index (χ0) is 32.9. The molecule has 3 aromatic heterocycles. The first-order valence-electron chi connectivity index (χ1n) is 14.5. The SMILES string of the molecule is CC(C)(C)OC(=O)N1CC[C@H]1C(=O)Nc1c(C(N)=O)oc2ccc(Br)cc12.O=c1[nH]c([C@@H]2CCN2)nc2c1oc1ccc(Br)cc12. The summed E-state index contributed by atoms with van der Waals surface area (Å²) in [5.41, 5.74) is 6.71. The van der Waals surface area contributed by atoms with Crippen molar-refractivity contribution in [1.82, 2.24) is 20.2 Å². The second-order valence-electron chi connectivity index (χ2n) is 11.9. The Kier molecular flexibility index (Phi) is 8.42. The number of aromatic nitrogens is 2. The van der Waals surface area contributed by atoms with Gasteiger partial charge in [0.25, 0.3) is 11.5 Å². The Hall–Kier alpha value is -4.21. The number of anilines is 1. The molecule has 2 saturated heterocycles. The number of nitrogens with two attached hydrogens (primary N) is 1. The third-order valence-electron chi connectivity index (χ3n) is 7.53. The monoisotopic (exact) mass is 756 g/mol. The van der Waals surface area contributed by atoms with E-state index in [1.807, 2.05) is 18.2 Å². The minimum Gasteiger partial charge on any atom is -0.449 e. The number of ether oxygens (including phenoxy) is 1.